The lowest BCUT2D eigenvalue weighted by Gasteiger charge is -2.15. The quantitative estimate of drug-likeness (QED) is 0.629. The molecule has 1 amide bonds. The predicted molar refractivity (Wildman–Crippen MR) is 78.0 cm³/mol. The Balaban J connectivity index is 2.00. The number of nitrogens with zero attached hydrogens (tertiary/aromatic N) is 2. The summed E-state index contributed by atoms with van der Waals surface area (Å²) >= 11 is 9.31. The van der Waals surface area contributed by atoms with E-state index in [0.29, 0.717) is 13.0 Å². The summed E-state index contributed by atoms with van der Waals surface area (Å²) in [4.78, 5) is 18.1. The Hall–Kier alpha value is -0.780. The number of carbonyl (C=O) groups excluding carboxylic acids is 1. The molecule has 18 heavy (non-hydrogen) atoms. The number of hydrogen-bond acceptors (Lipinski definition) is 4. The van der Waals surface area contributed by atoms with Crippen molar-refractivity contribution in [1.29, 1.82) is 0 Å². The maximum Gasteiger partial charge on any atom is 0.228 e. The Kier molecular flexibility index (Phi) is 3.21. The molecule has 0 radical (unpaired) electrons. The molecule has 1 aliphatic heterocycles. The van der Waals surface area contributed by atoms with E-state index in [9.17, 15) is 4.79 Å². The molecule has 0 saturated carbocycles. The topological polar surface area (TPSA) is 33.2 Å². The molecule has 1 aromatic carbocycles. The number of thioether (sulfide) groups is 1. The van der Waals surface area contributed by atoms with Crippen molar-refractivity contribution in [2.45, 2.75) is 16.1 Å². The minimum Gasteiger partial charge on any atom is -0.311 e. The summed E-state index contributed by atoms with van der Waals surface area (Å²) < 4.78 is 2.16. The van der Waals surface area contributed by atoms with E-state index in [4.69, 9.17) is 11.6 Å². The molecule has 3 rings (SSSR count). The number of alkyl halides is 1. The Labute approximate surface area is 118 Å². The van der Waals surface area contributed by atoms with Crippen LogP contribution in [-0.4, -0.2) is 29.1 Å². The summed E-state index contributed by atoms with van der Waals surface area (Å²) in [7, 11) is 0. The van der Waals surface area contributed by atoms with Gasteiger partial charge in [-0.3, -0.25) is 4.79 Å². The van der Waals surface area contributed by atoms with Gasteiger partial charge >= 0.3 is 0 Å². The molecule has 1 aliphatic rings. The molecule has 0 N–H and O–H groups in total. The first-order valence-corrected chi connectivity index (χ1v) is 8.04. The molecule has 3 nitrogen and oxygen atoms in total. The van der Waals surface area contributed by atoms with Gasteiger partial charge in [0.05, 0.1) is 15.6 Å². The summed E-state index contributed by atoms with van der Waals surface area (Å²) in [6, 6.07) is 5.94. The maximum absolute atomic E-state index is 11.8. The number of halogens is 1. The molecule has 1 saturated heterocycles. The van der Waals surface area contributed by atoms with Crippen molar-refractivity contribution in [3.8, 4) is 0 Å². The third-order valence-corrected chi connectivity index (χ3v) is 5.21. The number of amides is 1. The highest BCUT2D eigenvalue weighted by Gasteiger charge is 2.29. The zero-order valence-electron chi connectivity index (χ0n) is 9.72. The smallest absolute Gasteiger partial charge is 0.228 e. The van der Waals surface area contributed by atoms with E-state index in [-0.39, 0.29) is 11.3 Å². The van der Waals surface area contributed by atoms with Crippen molar-refractivity contribution in [2.75, 3.05) is 17.7 Å². The van der Waals surface area contributed by atoms with Gasteiger partial charge in [-0.1, -0.05) is 11.8 Å². The van der Waals surface area contributed by atoms with Crippen LogP contribution in [0.15, 0.2) is 22.5 Å². The Bertz CT molecular complexity index is 613. The molecule has 1 atom stereocenters. The predicted octanol–water partition coefficient (Wildman–Crippen LogP) is 3.36. The van der Waals surface area contributed by atoms with Crippen molar-refractivity contribution in [1.82, 2.24) is 4.98 Å². The molecule has 0 bridgehead atoms. The van der Waals surface area contributed by atoms with Gasteiger partial charge in [-0.2, -0.15) is 0 Å². The normalized spacial score (nSPS) is 20.0. The molecule has 94 valence electrons. The molecule has 1 fully saturated rings. The fourth-order valence-electron chi connectivity index (χ4n) is 2.06. The maximum atomic E-state index is 11.8. The van der Waals surface area contributed by atoms with Crippen molar-refractivity contribution >= 4 is 56.5 Å². The highest BCUT2D eigenvalue weighted by atomic mass is 35.5. The lowest BCUT2D eigenvalue weighted by Crippen LogP contribution is -2.24. The standard InChI is InChI=1S/C12H11ClN2OS2/c1-17-12-14-9-3-2-8(5-10(9)18-12)15-6-7(13)4-11(15)16/h2-3,5,7H,4,6H2,1H3. The summed E-state index contributed by atoms with van der Waals surface area (Å²) in [5.41, 5.74) is 1.91. The Morgan fingerprint density at radius 3 is 3.06 bits per heavy atom. The van der Waals surface area contributed by atoms with E-state index >= 15 is 0 Å². The molecule has 6 heteroatoms. The number of benzene rings is 1. The zero-order chi connectivity index (χ0) is 12.7. The molecule has 1 aromatic heterocycles. The van der Waals surface area contributed by atoms with Gasteiger partial charge in [0.2, 0.25) is 5.91 Å². The number of hydrogen-bond donors (Lipinski definition) is 0. The van der Waals surface area contributed by atoms with Crippen LogP contribution in [0, 0.1) is 0 Å². The van der Waals surface area contributed by atoms with Crippen LogP contribution in [-0.2, 0) is 4.79 Å². The first kappa shape index (κ1) is 12.3. The van der Waals surface area contributed by atoms with Gasteiger partial charge < -0.3 is 4.90 Å². The number of rotatable bonds is 2. The SMILES string of the molecule is CSc1nc2ccc(N3CC(Cl)CC3=O)cc2s1. The third kappa shape index (κ3) is 2.11. The average molecular weight is 299 g/mol. The van der Waals surface area contributed by atoms with E-state index in [2.05, 4.69) is 4.98 Å². The summed E-state index contributed by atoms with van der Waals surface area (Å²) in [5.74, 6) is 0.101. The van der Waals surface area contributed by atoms with E-state index < -0.39 is 0 Å². The van der Waals surface area contributed by atoms with E-state index in [1.165, 1.54) is 0 Å². The fourth-order valence-corrected chi connectivity index (χ4v) is 3.85. The molecular weight excluding hydrogens is 288 g/mol. The van der Waals surface area contributed by atoms with Crippen LogP contribution >= 0.6 is 34.7 Å². The van der Waals surface area contributed by atoms with Crippen LogP contribution in [0.3, 0.4) is 0 Å². The van der Waals surface area contributed by atoms with Gasteiger partial charge in [-0.25, -0.2) is 4.98 Å². The summed E-state index contributed by atoms with van der Waals surface area (Å²) in [6.07, 6.45) is 2.44. The first-order valence-electron chi connectivity index (χ1n) is 5.56. The fraction of sp³-hybridized carbons (Fsp3) is 0.333. The minimum atomic E-state index is -0.0728. The molecule has 1 unspecified atom stereocenters. The lowest BCUT2D eigenvalue weighted by molar-refractivity contribution is -0.117. The first-order chi connectivity index (χ1) is 8.67. The second-order valence-electron chi connectivity index (χ2n) is 4.14. The number of carbonyl (C=O) groups is 1. The van der Waals surface area contributed by atoms with Gasteiger partial charge in [0.1, 0.15) is 0 Å². The summed E-state index contributed by atoms with van der Waals surface area (Å²) in [5, 5.41) is -0.0728. The molecule has 0 spiro atoms. The van der Waals surface area contributed by atoms with Gasteiger partial charge in [-0.05, 0) is 24.5 Å². The monoisotopic (exact) mass is 298 g/mol. The average Bonchev–Trinajstić information content (AvgIpc) is 2.90. The number of aromatic nitrogens is 1. The lowest BCUT2D eigenvalue weighted by atomic mass is 10.3. The van der Waals surface area contributed by atoms with Crippen molar-refractivity contribution in [3.05, 3.63) is 18.2 Å². The third-order valence-electron chi connectivity index (χ3n) is 2.92. The van der Waals surface area contributed by atoms with Crippen molar-refractivity contribution < 1.29 is 4.79 Å². The van der Waals surface area contributed by atoms with E-state index in [1.807, 2.05) is 24.5 Å². The second-order valence-corrected chi connectivity index (χ2v) is 6.84. The molecule has 0 aliphatic carbocycles. The molecule has 2 heterocycles. The second kappa shape index (κ2) is 4.72. The minimum absolute atomic E-state index is 0.0728. The summed E-state index contributed by atoms with van der Waals surface area (Å²) in [6.45, 7) is 0.597. The van der Waals surface area contributed by atoms with Crippen LogP contribution in [0.5, 0.6) is 0 Å². The number of fused-ring (bicyclic) bond motifs is 1. The van der Waals surface area contributed by atoms with E-state index in [1.54, 1.807) is 28.0 Å². The van der Waals surface area contributed by atoms with Gasteiger partial charge in [0.25, 0.3) is 0 Å². The Morgan fingerprint density at radius 2 is 2.39 bits per heavy atom. The van der Waals surface area contributed by atoms with Crippen LogP contribution in [0.25, 0.3) is 10.2 Å². The zero-order valence-corrected chi connectivity index (χ0v) is 12.1. The van der Waals surface area contributed by atoms with Crippen LogP contribution in [0.4, 0.5) is 5.69 Å². The van der Waals surface area contributed by atoms with Gasteiger partial charge in [0.15, 0.2) is 4.34 Å². The highest BCUT2D eigenvalue weighted by molar-refractivity contribution is 8.00. The van der Waals surface area contributed by atoms with Crippen LogP contribution < -0.4 is 4.90 Å². The van der Waals surface area contributed by atoms with Gasteiger partial charge in [-0.15, -0.1) is 22.9 Å². The van der Waals surface area contributed by atoms with Crippen LogP contribution in [0.2, 0.25) is 0 Å². The Morgan fingerprint density at radius 1 is 1.56 bits per heavy atom. The van der Waals surface area contributed by atoms with Gasteiger partial charge in [0, 0.05) is 18.7 Å². The molecule has 2 aromatic rings. The van der Waals surface area contributed by atoms with E-state index in [0.717, 1.165) is 20.2 Å². The molecular formula is C12H11ClN2OS2. The van der Waals surface area contributed by atoms with Crippen molar-refractivity contribution in [2.24, 2.45) is 0 Å². The largest absolute Gasteiger partial charge is 0.311 e. The number of anilines is 1. The number of thiazole rings is 1. The van der Waals surface area contributed by atoms with Crippen LogP contribution in [0.1, 0.15) is 6.42 Å². The van der Waals surface area contributed by atoms with Crippen molar-refractivity contribution in [3.63, 3.8) is 0 Å². The highest BCUT2D eigenvalue weighted by Crippen LogP contribution is 2.32.